The lowest BCUT2D eigenvalue weighted by atomic mass is 10.1. The van der Waals surface area contributed by atoms with Crippen LogP contribution in [0, 0.1) is 5.92 Å². The van der Waals surface area contributed by atoms with Crippen LogP contribution < -0.4 is 14.5 Å². The summed E-state index contributed by atoms with van der Waals surface area (Å²) in [6.07, 6.45) is -3.03. The van der Waals surface area contributed by atoms with Crippen molar-refractivity contribution < 1.29 is 37.0 Å². The van der Waals surface area contributed by atoms with Crippen molar-refractivity contribution in [1.29, 1.82) is 0 Å². The molecule has 12 heteroatoms. The number of alkyl halides is 3. The maximum absolute atomic E-state index is 13.5. The van der Waals surface area contributed by atoms with E-state index in [4.69, 9.17) is 4.74 Å². The van der Waals surface area contributed by atoms with Crippen molar-refractivity contribution in [1.82, 2.24) is 9.88 Å². The maximum Gasteiger partial charge on any atom is 0.573 e. The summed E-state index contributed by atoms with van der Waals surface area (Å²) < 4.78 is 46.6. The molecule has 1 aromatic carbocycles. The second kappa shape index (κ2) is 8.22. The lowest BCUT2D eigenvalue weighted by Crippen LogP contribution is -2.41. The Hall–Kier alpha value is -3.67. The van der Waals surface area contributed by atoms with Crippen molar-refractivity contribution in [3.8, 4) is 5.75 Å². The zero-order valence-corrected chi connectivity index (χ0v) is 18.6. The fourth-order valence-electron chi connectivity index (χ4n) is 4.63. The first-order valence-electron chi connectivity index (χ1n) is 11.0. The van der Waals surface area contributed by atoms with Crippen LogP contribution in [0.25, 0.3) is 0 Å². The predicted molar refractivity (Wildman–Crippen MR) is 116 cm³/mol. The van der Waals surface area contributed by atoms with Crippen LogP contribution in [0.2, 0.25) is 0 Å². The molecule has 3 aliphatic rings. The van der Waals surface area contributed by atoms with Gasteiger partial charge in [-0.3, -0.25) is 19.5 Å². The quantitative estimate of drug-likeness (QED) is 0.612. The van der Waals surface area contributed by atoms with Crippen LogP contribution in [-0.4, -0.2) is 65.9 Å². The van der Waals surface area contributed by atoms with Crippen LogP contribution in [0.1, 0.15) is 23.8 Å². The van der Waals surface area contributed by atoms with Crippen LogP contribution in [-0.2, 0) is 9.53 Å². The Balaban J connectivity index is 1.45. The molecule has 3 heterocycles. The number of carbonyl (C=O) groups is 3. The van der Waals surface area contributed by atoms with Gasteiger partial charge in [0, 0.05) is 19.3 Å². The number of urea groups is 1. The number of pyridine rings is 1. The van der Waals surface area contributed by atoms with Gasteiger partial charge >= 0.3 is 12.4 Å². The molecule has 35 heavy (non-hydrogen) atoms. The normalized spacial score (nSPS) is 24.3. The number of benzene rings is 1. The summed E-state index contributed by atoms with van der Waals surface area (Å²) >= 11 is 0. The Morgan fingerprint density at radius 3 is 2.37 bits per heavy atom. The molecule has 2 atom stereocenters. The number of rotatable bonds is 4. The van der Waals surface area contributed by atoms with E-state index in [2.05, 4.69) is 9.72 Å². The van der Waals surface area contributed by atoms with E-state index < -0.39 is 29.6 Å². The van der Waals surface area contributed by atoms with Crippen molar-refractivity contribution in [3.63, 3.8) is 0 Å². The van der Waals surface area contributed by atoms with Gasteiger partial charge in [-0.25, -0.2) is 9.69 Å². The number of carbonyl (C=O) groups excluding carboxylic acids is 3. The van der Waals surface area contributed by atoms with E-state index in [1.54, 1.807) is 11.0 Å². The van der Waals surface area contributed by atoms with Gasteiger partial charge in [-0.05, 0) is 48.7 Å². The van der Waals surface area contributed by atoms with E-state index in [0.717, 1.165) is 17.0 Å². The third kappa shape index (κ3) is 3.97. The van der Waals surface area contributed by atoms with E-state index in [1.807, 2.05) is 6.92 Å². The highest BCUT2D eigenvalue weighted by Gasteiger charge is 2.70. The Morgan fingerprint density at radius 1 is 1.11 bits per heavy atom. The van der Waals surface area contributed by atoms with E-state index in [-0.39, 0.29) is 23.2 Å². The van der Waals surface area contributed by atoms with Crippen LogP contribution in [0.15, 0.2) is 42.6 Å². The van der Waals surface area contributed by atoms with Crippen LogP contribution in [0.3, 0.4) is 0 Å². The van der Waals surface area contributed by atoms with Crippen LogP contribution in [0.4, 0.5) is 29.3 Å². The zero-order valence-electron chi connectivity index (χ0n) is 18.6. The third-order valence-electron chi connectivity index (χ3n) is 6.48. The molecular weight excluding hydrogens is 469 g/mol. The highest BCUT2D eigenvalue weighted by Crippen LogP contribution is 2.55. The number of anilines is 2. The first-order valence-corrected chi connectivity index (χ1v) is 11.0. The molecule has 1 aliphatic carbocycles. The lowest BCUT2D eigenvalue weighted by Gasteiger charge is -2.27. The molecule has 2 aliphatic heterocycles. The molecular formula is C23H21F3N4O5. The van der Waals surface area contributed by atoms with Crippen LogP contribution in [0.5, 0.6) is 5.75 Å². The molecule has 184 valence electrons. The van der Waals surface area contributed by atoms with Crippen LogP contribution >= 0.6 is 0 Å². The van der Waals surface area contributed by atoms with E-state index in [1.165, 1.54) is 29.3 Å². The van der Waals surface area contributed by atoms with Gasteiger partial charge in [-0.2, -0.15) is 0 Å². The lowest BCUT2D eigenvalue weighted by molar-refractivity contribution is -0.274. The Bertz CT molecular complexity index is 1180. The summed E-state index contributed by atoms with van der Waals surface area (Å²) in [6.45, 7) is 3.53. The first kappa shape index (κ1) is 23.1. The van der Waals surface area contributed by atoms with E-state index in [0.29, 0.717) is 38.4 Å². The molecule has 1 spiro atoms. The average molecular weight is 490 g/mol. The molecule has 3 fully saturated rings. The van der Waals surface area contributed by atoms with Gasteiger partial charge in [-0.1, -0.05) is 6.92 Å². The fraction of sp³-hybridized carbons (Fsp3) is 0.391. The molecule has 1 aromatic heterocycles. The molecule has 2 unspecified atom stereocenters. The standard InChI is InChI=1S/C23H21F3N4O5/c1-14-13-22(14)20(32)29(15-2-4-17(5-3-15)35-23(24,25)26)21(33)30(22)16-6-7-27-18(12-16)19(31)28-8-10-34-11-9-28/h2-7,12,14H,8-11,13H2,1H3. The monoisotopic (exact) mass is 490 g/mol. The van der Waals surface area contributed by atoms with Gasteiger partial charge in [0.25, 0.3) is 11.8 Å². The van der Waals surface area contributed by atoms with Gasteiger partial charge < -0.3 is 14.4 Å². The largest absolute Gasteiger partial charge is 0.573 e. The highest BCUT2D eigenvalue weighted by atomic mass is 19.4. The summed E-state index contributed by atoms with van der Waals surface area (Å²) in [6, 6.07) is 6.92. The minimum Gasteiger partial charge on any atom is -0.406 e. The molecule has 2 aromatic rings. The van der Waals surface area contributed by atoms with Crippen molar-refractivity contribution >= 4 is 29.2 Å². The summed E-state index contributed by atoms with van der Waals surface area (Å²) in [5, 5.41) is 0. The van der Waals surface area contributed by atoms with Gasteiger partial charge in [0.1, 0.15) is 17.0 Å². The minimum absolute atomic E-state index is 0.120. The maximum atomic E-state index is 13.5. The summed E-state index contributed by atoms with van der Waals surface area (Å²) in [4.78, 5) is 47.9. The third-order valence-corrected chi connectivity index (χ3v) is 6.48. The van der Waals surface area contributed by atoms with Gasteiger partial charge in [0.2, 0.25) is 0 Å². The number of imide groups is 1. The van der Waals surface area contributed by atoms with Gasteiger partial charge in [0.15, 0.2) is 0 Å². The molecule has 9 nitrogen and oxygen atoms in total. The van der Waals surface area contributed by atoms with Crippen molar-refractivity contribution in [2.45, 2.75) is 25.2 Å². The predicted octanol–water partition coefficient (Wildman–Crippen LogP) is 3.20. The van der Waals surface area contributed by atoms with E-state index >= 15 is 0 Å². The number of hydrogen-bond donors (Lipinski definition) is 0. The minimum atomic E-state index is -4.86. The summed E-state index contributed by atoms with van der Waals surface area (Å²) in [5.74, 6) is -1.39. The smallest absolute Gasteiger partial charge is 0.406 e. The number of morpholine rings is 1. The number of aromatic nitrogens is 1. The number of amides is 4. The average Bonchev–Trinajstić information content (AvgIpc) is 3.44. The van der Waals surface area contributed by atoms with Crippen molar-refractivity contribution in [2.75, 3.05) is 36.1 Å². The molecule has 4 amide bonds. The number of ether oxygens (including phenoxy) is 2. The number of nitrogens with zero attached hydrogens (tertiary/aromatic N) is 4. The second-order valence-electron chi connectivity index (χ2n) is 8.63. The SMILES string of the molecule is CC1CC12C(=O)N(c1ccc(OC(F)(F)F)cc1)C(=O)N2c1ccnc(C(=O)N2CCOCC2)c1. The molecule has 0 radical (unpaired) electrons. The summed E-state index contributed by atoms with van der Waals surface area (Å²) in [7, 11) is 0. The molecule has 2 saturated heterocycles. The Morgan fingerprint density at radius 2 is 1.77 bits per heavy atom. The zero-order chi connectivity index (χ0) is 25.0. The fourth-order valence-corrected chi connectivity index (χ4v) is 4.63. The van der Waals surface area contributed by atoms with Crippen molar-refractivity contribution in [2.24, 2.45) is 5.92 Å². The molecule has 1 saturated carbocycles. The van der Waals surface area contributed by atoms with Gasteiger partial charge in [-0.15, -0.1) is 13.2 Å². The highest BCUT2D eigenvalue weighted by molar-refractivity contribution is 6.32. The number of halogens is 3. The second-order valence-corrected chi connectivity index (χ2v) is 8.63. The first-order chi connectivity index (χ1) is 16.6. The summed E-state index contributed by atoms with van der Waals surface area (Å²) in [5.41, 5.74) is -0.521. The number of hydrogen-bond acceptors (Lipinski definition) is 6. The topological polar surface area (TPSA) is 92.3 Å². The Kier molecular flexibility index (Phi) is 5.42. The molecule has 0 N–H and O–H groups in total. The van der Waals surface area contributed by atoms with Crippen molar-refractivity contribution in [3.05, 3.63) is 48.3 Å². The Labute approximate surface area is 198 Å². The molecule has 5 rings (SSSR count). The van der Waals surface area contributed by atoms with E-state index in [9.17, 15) is 27.6 Å². The molecule has 0 bridgehead atoms. The van der Waals surface area contributed by atoms with Gasteiger partial charge in [0.05, 0.1) is 24.6 Å².